The molecule has 0 spiro atoms. The van der Waals surface area contributed by atoms with Crippen molar-refractivity contribution >= 4 is 34.8 Å². The van der Waals surface area contributed by atoms with E-state index in [0.717, 1.165) is 16.8 Å². The van der Waals surface area contributed by atoms with Crippen LogP contribution in [0.25, 0.3) is 5.70 Å². The summed E-state index contributed by atoms with van der Waals surface area (Å²) in [6.07, 6.45) is 3.32. The maximum absolute atomic E-state index is 9.10. The van der Waals surface area contributed by atoms with Gasteiger partial charge in [0, 0.05) is 28.8 Å². The van der Waals surface area contributed by atoms with Crippen molar-refractivity contribution in [2.24, 2.45) is 0 Å². The van der Waals surface area contributed by atoms with Crippen molar-refractivity contribution < 1.29 is 5.11 Å². The highest BCUT2D eigenvalue weighted by Gasteiger charge is 2.26. The summed E-state index contributed by atoms with van der Waals surface area (Å²) in [6.45, 7) is 0.108. The van der Waals surface area contributed by atoms with Gasteiger partial charge in [-0.05, 0) is 35.8 Å². The van der Waals surface area contributed by atoms with Crippen molar-refractivity contribution in [3.8, 4) is 0 Å². The summed E-state index contributed by atoms with van der Waals surface area (Å²) in [4.78, 5) is 4.61. The number of aliphatic hydroxyl groups is 1. The summed E-state index contributed by atoms with van der Waals surface area (Å²) in [7, 11) is 0. The predicted molar refractivity (Wildman–Crippen MR) is 108 cm³/mol. The number of nitrogens with zero attached hydrogens (tertiary/aromatic N) is 3. The van der Waals surface area contributed by atoms with Gasteiger partial charge in [-0.15, -0.1) is 0 Å². The Labute approximate surface area is 167 Å². The van der Waals surface area contributed by atoms with Crippen LogP contribution in [0.15, 0.2) is 54.6 Å². The normalized spacial score (nSPS) is 15.8. The lowest BCUT2D eigenvalue weighted by atomic mass is 10.0. The van der Waals surface area contributed by atoms with Gasteiger partial charge in [0.2, 0.25) is 5.95 Å². The van der Waals surface area contributed by atoms with Gasteiger partial charge < -0.3 is 10.4 Å². The van der Waals surface area contributed by atoms with E-state index in [-0.39, 0.29) is 12.6 Å². The van der Waals surface area contributed by atoms with Gasteiger partial charge in [-0.25, -0.2) is 4.68 Å². The number of aromatic nitrogens is 3. The smallest absolute Gasteiger partial charge is 0.226 e. The van der Waals surface area contributed by atoms with Crippen molar-refractivity contribution in [3.63, 3.8) is 0 Å². The van der Waals surface area contributed by atoms with E-state index in [1.165, 1.54) is 0 Å². The van der Waals surface area contributed by atoms with Crippen molar-refractivity contribution in [1.29, 1.82) is 0 Å². The summed E-state index contributed by atoms with van der Waals surface area (Å²) in [6, 6.07) is 15.3. The first-order chi connectivity index (χ1) is 13.2. The number of hydrogen-bond acceptors (Lipinski definition) is 4. The Morgan fingerprint density at radius 1 is 1.11 bits per heavy atom. The van der Waals surface area contributed by atoms with Crippen LogP contribution in [0.4, 0.5) is 5.95 Å². The standard InChI is InChI=1S/C20H18Cl2N4O/c21-14-8-9-15(16(22)11-14)18-12-17(13-5-2-1-3-6-13)23-20-24-19(7-4-10-27)25-26(18)20/h1-3,5-6,8-9,11-12,18,27H,4,7,10H2,(H,23,24,25). The molecule has 2 aromatic carbocycles. The van der Waals surface area contributed by atoms with Crippen molar-refractivity contribution in [2.75, 3.05) is 11.9 Å². The number of rotatable bonds is 5. The van der Waals surface area contributed by atoms with Crippen molar-refractivity contribution in [1.82, 2.24) is 14.8 Å². The third-order valence-electron chi connectivity index (χ3n) is 4.43. The van der Waals surface area contributed by atoms with Crippen LogP contribution < -0.4 is 5.32 Å². The fraction of sp³-hybridized carbons (Fsp3) is 0.200. The first-order valence-corrected chi connectivity index (χ1v) is 9.47. The highest BCUT2D eigenvalue weighted by molar-refractivity contribution is 6.35. The lowest BCUT2D eigenvalue weighted by Gasteiger charge is -2.25. The van der Waals surface area contributed by atoms with Crippen LogP contribution in [0, 0.1) is 0 Å². The summed E-state index contributed by atoms with van der Waals surface area (Å²) in [5.41, 5.74) is 2.90. The number of aliphatic hydroxyl groups excluding tert-OH is 1. The number of allylic oxidation sites excluding steroid dienone is 1. The van der Waals surface area contributed by atoms with Crippen LogP contribution >= 0.6 is 23.2 Å². The van der Waals surface area contributed by atoms with E-state index in [1.807, 2.05) is 47.1 Å². The molecule has 2 heterocycles. The second-order valence-electron chi connectivity index (χ2n) is 6.31. The Balaban J connectivity index is 1.80. The molecular formula is C20H18Cl2N4O. The maximum atomic E-state index is 9.10. The molecule has 0 radical (unpaired) electrons. The van der Waals surface area contributed by atoms with E-state index in [4.69, 9.17) is 28.3 Å². The molecule has 1 aromatic heterocycles. The number of hydrogen-bond donors (Lipinski definition) is 2. The molecule has 5 nitrogen and oxygen atoms in total. The van der Waals surface area contributed by atoms with Gasteiger partial charge in [-0.1, -0.05) is 59.6 Å². The van der Waals surface area contributed by atoms with Crippen LogP contribution in [0.1, 0.15) is 29.4 Å². The molecule has 0 aliphatic carbocycles. The lowest BCUT2D eigenvalue weighted by Crippen LogP contribution is -2.20. The van der Waals surface area contributed by atoms with E-state index in [2.05, 4.69) is 21.5 Å². The summed E-state index contributed by atoms with van der Waals surface area (Å²) >= 11 is 12.6. The fourth-order valence-electron chi connectivity index (χ4n) is 3.13. The number of halogens is 2. The van der Waals surface area contributed by atoms with Crippen LogP contribution in [-0.2, 0) is 6.42 Å². The van der Waals surface area contributed by atoms with Gasteiger partial charge in [0.25, 0.3) is 0 Å². The second kappa shape index (κ2) is 7.72. The molecule has 0 bridgehead atoms. The van der Waals surface area contributed by atoms with E-state index in [0.29, 0.717) is 34.7 Å². The molecule has 7 heteroatoms. The largest absolute Gasteiger partial charge is 0.396 e. The first-order valence-electron chi connectivity index (χ1n) is 8.71. The summed E-state index contributed by atoms with van der Waals surface area (Å²) < 4.78 is 1.83. The van der Waals surface area contributed by atoms with Gasteiger partial charge in [0.05, 0.1) is 0 Å². The Kier molecular flexibility index (Phi) is 5.16. The zero-order chi connectivity index (χ0) is 18.8. The zero-order valence-corrected chi connectivity index (χ0v) is 16.0. The third-order valence-corrected chi connectivity index (χ3v) is 5.00. The molecular weight excluding hydrogens is 383 g/mol. The second-order valence-corrected chi connectivity index (χ2v) is 7.15. The molecule has 0 saturated carbocycles. The highest BCUT2D eigenvalue weighted by atomic mass is 35.5. The molecule has 0 saturated heterocycles. The maximum Gasteiger partial charge on any atom is 0.226 e. The summed E-state index contributed by atoms with van der Waals surface area (Å²) in [5, 5.41) is 18.3. The monoisotopic (exact) mass is 400 g/mol. The molecule has 0 amide bonds. The summed E-state index contributed by atoms with van der Waals surface area (Å²) in [5.74, 6) is 1.34. The van der Waals surface area contributed by atoms with Crippen molar-refractivity contribution in [3.05, 3.63) is 81.6 Å². The van der Waals surface area contributed by atoms with Crippen LogP contribution in [-0.4, -0.2) is 26.5 Å². The molecule has 3 aromatic rings. The molecule has 1 aliphatic heterocycles. The van der Waals surface area contributed by atoms with Gasteiger partial charge in [0.1, 0.15) is 6.04 Å². The van der Waals surface area contributed by atoms with E-state index >= 15 is 0 Å². The molecule has 2 N–H and O–H groups in total. The molecule has 27 heavy (non-hydrogen) atoms. The number of benzene rings is 2. The van der Waals surface area contributed by atoms with E-state index < -0.39 is 0 Å². The van der Waals surface area contributed by atoms with E-state index in [9.17, 15) is 0 Å². The van der Waals surface area contributed by atoms with E-state index in [1.54, 1.807) is 6.07 Å². The molecule has 1 aliphatic rings. The first kappa shape index (κ1) is 18.0. The molecule has 1 unspecified atom stereocenters. The lowest BCUT2D eigenvalue weighted by molar-refractivity contribution is 0.287. The Morgan fingerprint density at radius 2 is 1.93 bits per heavy atom. The highest BCUT2D eigenvalue weighted by Crippen LogP contribution is 2.36. The fourth-order valence-corrected chi connectivity index (χ4v) is 3.65. The minimum atomic E-state index is -0.211. The zero-order valence-electron chi connectivity index (χ0n) is 14.4. The minimum Gasteiger partial charge on any atom is -0.396 e. The number of fused-ring (bicyclic) bond motifs is 1. The SMILES string of the molecule is OCCCc1nc2n(n1)C(c1ccc(Cl)cc1Cl)C=C(c1ccccc1)N2. The quantitative estimate of drug-likeness (QED) is 0.658. The van der Waals surface area contributed by atoms with Gasteiger partial charge in [0.15, 0.2) is 5.82 Å². The number of aryl methyl sites for hydroxylation is 1. The van der Waals surface area contributed by atoms with Gasteiger partial charge in [-0.2, -0.15) is 10.1 Å². The van der Waals surface area contributed by atoms with Crippen molar-refractivity contribution in [2.45, 2.75) is 18.9 Å². The molecule has 1 atom stereocenters. The van der Waals surface area contributed by atoms with Crippen LogP contribution in [0.3, 0.4) is 0 Å². The third kappa shape index (κ3) is 3.72. The number of nitrogens with one attached hydrogen (secondary N) is 1. The minimum absolute atomic E-state index is 0.108. The Hall–Kier alpha value is -2.34. The molecule has 138 valence electrons. The average molecular weight is 401 g/mol. The Bertz CT molecular complexity index is 985. The topological polar surface area (TPSA) is 63.0 Å². The van der Waals surface area contributed by atoms with Crippen LogP contribution in [0.2, 0.25) is 10.0 Å². The molecule has 0 fully saturated rings. The number of anilines is 1. The Morgan fingerprint density at radius 3 is 2.67 bits per heavy atom. The average Bonchev–Trinajstić information content (AvgIpc) is 3.09. The van der Waals surface area contributed by atoms with Gasteiger partial charge >= 0.3 is 0 Å². The van der Waals surface area contributed by atoms with Gasteiger partial charge in [-0.3, -0.25) is 0 Å². The predicted octanol–water partition coefficient (Wildman–Crippen LogP) is 4.57. The molecule has 4 rings (SSSR count). The van der Waals surface area contributed by atoms with Crippen LogP contribution in [0.5, 0.6) is 0 Å².